The number of aromatic nitrogens is 1. The Morgan fingerprint density at radius 2 is 1.70 bits per heavy atom. The summed E-state index contributed by atoms with van der Waals surface area (Å²) in [7, 11) is 0. The van der Waals surface area contributed by atoms with Gasteiger partial charge in [0.25, 0.3) is 5.91 Å². The number of aryl methyl sites for hydroxylation is 1. The lowest BCUT2D eigenvalue weighted by Crippen LogP contribution is -2.60. The van der Waals surface area contributed by atoms with Gasteiger partial charge in [-0.25, -0.2) is 4.98 Å². The minimum absolute atomic E-state index is 0.184. The first-order valence-electron chi connectivity index (χ1n) is 4.96. The van der Waals surface area contributed by atoms with Crippen molar-refractivity contribution in [1.82, 2.24) is 4.98 Å². The first-order chi connectivity index (χ1) is 8.91. The third-order valence-electron chi connectivity index (χ3n) is 2.34. The molecule has 1 aromatic rings. The molecule has 0 aromatic carbocycles. The van der Waals surface area contributed by atoms with Gasteiger partial charge in [0.2, 0.25) is 0 Å². The van der Waals surface area contributed by atoms with E-state index in [2.05, 4.69) is 16.6 Å². The van der Waals surface area contributed by atoms with E-state index in [-0.39, 0.29) is 5.56 Å². The number of nitrogens with zero attached hydrogens (tertiary/aromatic N) is 1. The maximum absolute atomic E-state index is 12.5. The molecule has 1 N–H and O–H groups in total. The van der Waals surface area contributed by atoms with Gasteiger partial charge >= 0.3 is 17.2 Å². The lowest BCUT2D eigenvalue weighted by atomic mass is 10.1. The van der Waals surface area contributed by atoms with Crippen molar-refractivity contribution < 1.29 is 31.1 Å². The zero-order valence-electron chi connectivity index (χ0n) is 9.73. The summed E-state index contributed by atoms with van der Waals surface area (Å²) in [6.45, 7) is 1.35. The highest BCUT2D eigenvalue weighted by Gasteiger charge is 2.75. The third kappa shape index (κ3) is 2.82. The highest BCUT2D eigenvalue weighted by molar-refractivity contribution is 6.38. The lowest BCUT2D eigenvalue weighted by molar-refractivity contribution is -0.258. The number of amides is 1. The standard InChI is InChI=1S/C10H7ClF6N2O/c1-5-3-2-4-18-6(5)19-7(20)8(11,9(12,13)14)10(15,16)17/h2-4H,1H3,(H,18,19,20). The van der Waals surface area contributed by atoms with E-state index in [1.54, 1.807) is 0 Å². The largest absolute Gasteiger partial charge is 0.425 e. The fourth-order valence-corrected chi connectivity index (χ4v) is 1.28. The Balaban J connectivity index is 3.19. The van der Waals surface area contributed by atoms with Gasteiger partial charge < -0.3 is 5.32 Å². The molecule has 0 aliphatic rings. The molecule has 1 heterocycles. The van der Waals surface area contributed by atoms with Crippen LogP contribution in [-0.4, -0.2) is 28.1 Å². The van der Waals surface area contributed by atoms with Crippen molar-refractivity contribution >= 4 is 23.3 Å². The van der Waals surface area contributed by atoms with Crippen LogP contribution in [0.25, 0.3) is 0 Å². The molecule has 1 aromatic heterocycles. The molecule has 0 atom stereocenters. The van der Waals surface area contributed by atoms with E-state index >= 15 is 0 Å². The highest BCUT2D eigenvalue weighted by Crippen LogP contribution is 2.48. The molecule has 0 radical (unpaired) electrons. The molecule has 112 valence electrons. The summed E-state index contributed by atoms with van der Waals surface area (Å²) >= 11 is 4.55. The number of pyridine rings is 1. The van der Waals surface area contributed by atoms with Gasteiger partial charge in [0.05, 0.1) is 0 Å². The molecular formula is C10H7ClF6N2O. The number of carbonyl (C=O) groups is 1. The van der Waals surface area contributed by atoms with E-state index in [1.807, 2.05) is 0 Å². The van der Waals surface area contributed by atoms with Crippen LogP contribution < -0.4 is 5.32 Å². The molecule has 20 heavy (non-hydrogen) atoms. The maximum Gasteiger partial charge on any atom is 0.425 e. The van der Waals surface area contributed by atoms with E-state index in [0.29, 0.717) is 0 Å². The van der Waals surface area contributed by atoms with E-state index in [1.165, 1.54) is 24.4 Å². The van der Waals surface area contributed by atoms with Crippen LogP contribution in [0.2, 0.25) is 0 Å². The summed E-state index contributed by atoms with van der Waals surface area (Å²) < 4.78 is 75.1. The molecule has 0 unspecified atom stereocenters. The van der Waals surface area contributed by atoms with Crippen LogP contribution in [-0.2, 0) is 4.79 Å². The molecule has 1 rings (SSSR count). The van der Waals surface area contributed by atoms with Crippen LogP contribution in [0.5, 0.6) is 0 Å². The molecule has 0 aliphatic heterocycles. The van der Waals surface area contributed by atoms with Crippen molar-refractivity contribution in [2.24, 2.45) is 0 Å². The summed E-state index contributed by atoms with van der Waals surface area (Å²) in [6.07, 6.45) is -10.9. The number of halogens is 7. The summed E-state index contributed by atoms with van der Waals surface area (Å²) in [5.41, 5.74) is 0.184. The second kappa shape index (κ2) is 5.12. The molecule has 0 spiro atoms. The Kier molecular flexibility index (Phi) is 4.23. The predicted octanol–water partition coefficient (Wildman–Crippen LogP) is 3.43. The Bertz CT molecular complexity index is 499. The van der Waals surface area contributed by atoms with Gasteiger partial charge in [0, 0.05) is 6.20 Å². The molecule has 0 saturated carbocycles. The molecule has 0 bridgehead atoms. The topological polar surface area (TPSA) is 42.0 Å². The van der Waals surface area contributed by atoms with Gasteiger partial charge in [-0.05, 0) is 18.6 Å². The first kappa shape index (κ1) is 16.5. The third-order valence-corrected chi connectivity index (χ3v) is 2.94. The van der Waals surface area contributed by atoms with Crippen LogP contribution >= 0.6 is 11.6 Å². The van der Waals surface area contributed by atoms with Crippen molar-refractivity contribution in [1.29, 1.82) is 0 Å². The summed E-state index contributed by atoms with van der Waals surface area (Å²) in [6, 6.07) is 2.74. The Hall–Kier alpha value is -1.51. The second-order valence-electron chi connectivity index (χ2n) is 3.78. The van der Waals surface area contributed by atoms with Gasteiger partial charge in [-0.1, -0.05) is 17.7 Å². The molecular weight excluding hydrogens is 314 g/mol. The lowest BCUT2D eigenvalue weighted by Gasteiger charge is -2.30. The zero-order valence-corrected chi connectivity index (χ0v) is 10.5. The molecule has 0 aliphatic carbocycles. The fourth-order valence-electron chi connectivity index (χ4n) is 1.23. The van der Waals surface area contributed by atoms with Crippen LogP contribution in [0.3, 0.4) is 0 Å². The van der Waals surface area contributed by atoms with Crippen molar-refractivity contribution in [3.8, 4) is 0 Å². The van der Waals surface area contributed by atoms with Crippen molar-refractivity contribution in [3.63, 3.8) is 0 Å². The maximum atomic E-state index is 12.5. The number of hydrogen-bond donors (Lipinski definition) is 1. The average molecular weight is 321 g/mol. The van der Waals surface area contributed by atoms with Gasteiger partial charge in [0.1, 0.15) is 5.82 Å². The Morgan fingerprint density at radius 1 is 1.20 bits per heavy atom. The van der Waals surface area contributed by atoms with E-state index in [9.17, 15) is 31.1 Å². The summed E-state index contributed by atoms with van der Waals surface area (Å²) in [5, 5.41) is 1.44. The van der Waals surface area contributed by atoms with E-state index in [0.717, 1.165) is 6.20 Å². The number of nitrogens with one attached hydrogen (secondary N) is 1. The van der Waals surface area contributed by atoms with E-state index in [4.69, 9.17) is 0 Å². The normalized spacial score (nSPS) is 13.2. The molecule has 0 saturated heterocycles. The number of anilines is 1. The minimum atomic E-state index is -6.01. The molecule has 3 nitrogen and oxygen atoms in total. The SMILES string of the molecule is Cc1cccnc1NC(=O)C(Cl)(C(F)(F)F)C(F)(F)F. The summed E-state index contributed by atoms with van der Waals surface area (Å²) in [4.78, 5) is 9.79. The zero-order chi connectivity index (χ0) is 15.8. The van der Waals surface area contributed by atoms with Gasteiger partial charge in [-0.15, -0.1) is 0 Å². The van der Waals surface area contributed by atoms with Crippen LogP contribution in [0, 0.1) is 6.92 Å². The molecule has 1 amide bonds. The van der Waals surface area contributed by atoms with Crippen LogP contribution in [0.1, 0.15) is 5.56 Å². The van der Waals surface area contributed by atoms with Gasteiger partial charge in [-0.2, -0.15) is 26.3 Å². The minimum Gasteiger partial charge on any atom is -0.308 e. The fraction of sp³-hybridized carbons (Fsp3) is 0.400. The monoisotopic (exact) mass is 320 g/mol. The van der Waals surface area contributed by atoms with Crippen molar-refractivity contribution in [2.75, 3.05) is 5.32 Å². The molecule has 10 heteroatoms. The number of hydrogen-bond acceptors (Lipinski definition) is 2. The smallest absolute Gasteiger partial charge is 0.308 e. The number of rotatable bonds is 2. The Morgan fingerprint density at radius 3 is 2.10 bits per heavy atom. The second-order valence-corrected chi connectivity index (χ2v) is 4.34. The van der Waals surface area contributed by atoms with Gasteiger partial charge in [0.15, 0.2) is 0 Å². The number of alkyl halides is 7. The first-order valence-corrected chi connectivity index (χ1v) is 5.34. The van der Waals surface area contributed by atoms with Crippen LogP contribution in [0.15, 0.2) is 18.3 Å². The number of carbonyl (C=O) groups excluding carboxylic acids is 1. The van der Waals surface area contributed by atoms with E-state index < -0.39 is 29.0 Å². The van der Waals surface area contributed by atoms with Crippen LogP contribution in [0.4, 0.5) is 32.2 Å². The van der Waals surface area contributed by atoms with Gasteiger partial charge in [-0.3, -0.25) is 4.79 Å². The summed E-state index contributed by atoms with van der Waals surface area (Å²) in [5.74, 6) is -2.89. The van der Waals surface area contributed by atoms with Crippen molar-refractivity contribution in [3.05, 3.63) is 23.9 Å². The Labute approximate surface area is 113 Å². The molecule has 0 fully saturated rings. The van der Waals surface area contributed by atoms with Crippen molar-refractivity contribution in [2.45, 2.75) is 24.2 Å². The quantitative estimate of drug-likeness (QED) is 0.670. The highest BCUT2D eigenvalue weighted by atomic mass is 35.5. The predicted molar refractivity (Wildman–Crippen MR) is 58.3 cm³/mol. The average Bonchev–Trinajstić information content (AvgIpc) is 2.28.